The molecule has 0 bridgehead atoms. The van der Waals surface area contributed by atoms with Crippen LogP contribution >= 0.6 is 23.2 Å². The highest BCUT2D eigenvalue weighted by molar-refractivity contribution is 6.43. The van der Waals surface area contributed by atoms with Crippen LogP contribution in [0.1, 0.15) is 12.8 Å². The Morgan fingerprint density at radius 3 is 2.82 bits per heavy atom. The van der Waals surface area contributed by atoms with Crippen LogP contribution in [0.5, 0.6) is 0 Å². The van der Waals surface area contributed by atoms with Gasteiger partial charge in [-0.3, -0.25) is 0 Å². The van der Waals surface area contributed by atoms with Crippen LogP contribution in [-0.4, -0.2) is 25.7 Å². The van der Waals surface area contributed by atoms with Crippen molar-refractivity contribution in [1.29, 1.82) is 0 Å². The average molecular weight is 271 g/mol. The van der Waals surface area contributed by atoms with E-state index in [1.165, 1.54) is 12.8 Å². The van der Waals surface area contributed by atoms with Crippen LogP contribution in [-0.2, 0) is 0 Å². The highest BCUT2D eigenvalue weighted by atomic mass is 35.5. The van der Waals surface area contributed by atoms with Gasteiger partial charge < -0.3 is 10.2 Å². The molecule has 0 aromatic heterocycles. The molecular weight excluding hydrogens is 255 g/mol. The summed E-state index contributed by atoms with van der Waals surface area (Å²) in [5.41, 5.74) is 1.08. The van der Waals surface area contributed by atoms with Crippen molar-refractivity contribution in [2.45, 2.75) is 18.9 Å². The summed E-state index contributed by atoms with van der Waals surface area (Å²) in [5.74, 6) is 0.871. The Balaban J connectivity index is 1.80. The number of nitrogens with zero attached hydrogens (tertiary/aromatic N) is 1. The Morgan fingerprint density at radius 1 is 1.24 bits per heavy atom. The topological polar surface area (TPSA) is 15.3 Å². The maximum absolute atomic E-state index is 6.28. The summed E-state index contributed by atoms with van der Waals surface area (Å²) in [6.45, 7) is 3.08. The van der Waals surface area contributed by atoms with Crippen LogP contribution in [0.3, 0.4) is 0 Å². The monoisotopic (exact) mass is 270 g/mol. The standard InChI is InChI=1S/C13H16Cl2N2/c14-10-2-1-3-12(13(10)15)17-7-6-16-11(8-17)9-4-5-9/h1-3,9,11,16H,4-8H2. The molecule has 1 aromatic rings. The van der Waals surface area contributed by atoms with Gasteiger partial charge in [0, 0.05) is 25.7 Å². The van der Waals surface area contributed by atoms with Crippen molar-refractivity contribution in [1.82, 2.24) is 5.32 Å². The van der Waals surface area contributed by atoms with E-state index < -0.39 is 0 Å². The largest absolute Gasteiger partial charge is 0.367 e. The molecule has 1 saturated carbocycles. The molecule has 1 saturated heterocycles. The predicted molar refractivity (Wildman–Crippen MR) is 73.2 cm³/mol. The minimum atomic E-state index is 0.624. The first-order chi connectivity index (χ1) is 8.25. The average Bonchev–Trinajstić information content (AvgIpc) is 3.17. The van der Waals surface area contributed by atoms with Crippen molar-refractivity contribution in [3.8, 4) is 0 Å². The predicted octanol–water partition coefficient (Wildman–Crippen LogP) is 3.18. The number of nitrogens with one attached hydrogen (secondary N) is 1. The van der Waals surface area contributed by atoms with Gasteiger partial charge in [-0.25, -0.2) is 0 Å². The summed E-state index contributed by atoms with van der Waals surface area (Å²) in [7, 11) is 0. The number of hydrogen-bond acceptors (Lipinski definition) is 2. The Kier molecular flexibility index (Phi) is 3.20. The third-order valence-electron chi connectivity index (χ3n) is 3.67. The van der Waals surface area contributed by atoms with Gasteiger partial charge in [-0.2, -0.15) is 0 Å². The van der Waals surface area contributed by atoms with Gasteiger partial charge in [-0.15, -0.1) is 0 Å². The summed E-state index contributed by atoms with van der Waals surface area (Å²) in [4.78, 5) is 2.35. The fourth-order valence-corrected chi connectivity index (χ4v) is 2.96. The third-order valence-corrected chi connectivity index (χ3v) is 4.48. The molecule has 2 fully saturated rings. The molecule has 1 N–H and O–H groups in total. The molecule has 0 spiro atoms. The number of rotatable bonds is 2. The molecule has 17 heavy (non-hydrogen) atoms. The maximum atomic E-state index is 6.28. The molecule has 4 heteroatoms. The van der Waals surface area contributed by atoms with Crippen LogP contribution in [0.25, 0.3) is 0 Å². The molecule has 2 nitrogen and oxygen atoms in total. The van der Waals surface area contributed by atoms with E-state index in [2.05, 4.69) is 16.3 Å². The minimum absolute atomic E-state index is 0.624. The second-order valence-corrected chi connectivity index (χ2v) is 5.70. The van der Waals surface area contributed by atoms with Crippen molar-refractivity contribution in [3.05, 3.63) is 28.2 Å². The lowest BCUT2D eigenvalue weighted by atomic mass is 10.1. The zero-order valence-electron chi connectivity index (χ0n) is 9.63. The molecule has 3 rings (SSSR count). The molecule has 1 heterocycles. The first-order valence-corrected chi connectivity index (χ1v) is 6.93. The summed E-state index contributed by atoms with van der Waals surface area (Å²) < 4.78 is 0. The molecule has 1 aromatic carbocycles. The first-order valence-electron chi connectivity index (χ1n) is 6.18. The van der Waals surface area contributed by atoms with Crippen molar-refractivity contribution in [3.63, 3.8) is 0 Å². The molecule has 1 atom stereocenters. The lowest BCUT2D eigenvalue weighted by Crippen LogP contribution is -2.51. The maximum Gasteiger partial charge on any atom is 0.0825 e. The van der Waals surface area contributed by atoms with E-state index in [0.717, 1.165) is 31.2 Å². The molecular formula is C13H16Cl2N2. The fourth-order valence-electron chi connectivity index (χ4n) is 2.55. The number of anilines is 1. The van der Waals surface area contributed by atoms with E-state index in [4.69, 9.17) is 23.2 Å². The molecule has 1 aliphatic heterocycles. The third kappa shape index (κ3) is 2.40. The summed E-state index contributed by atoms with van der Waals surface area (Å²) in [6.07, 6.45) is 2.74. The smallest absolute Gasteiger partial charge is 0.0825 e. The first kappa shape index (κ1) is 11.6. The lowest BCUT2D eigenvalue weighted by molar-refractivity contribution is 0.419. The zero-order chi connectivity index (χ0) is 11.8. The molecule has 92 valence electrons. The zero-order valence-corrected chi connectivity index (χ0v) is 11.1. The second kappa shape index (κ2) is 4.68. The molecule has 0 radical (unpaired) electrons. The minimum Gasteiger partial charge on any atom is -0.367 e. The van der Waals surface area contributed by atoms with Gasteiger partial charge in [0.1, 0.15) is 0 Å². The summed E-state index contributed by atoms with van der Waals surface area (Å²) in [5, 5.41) is 4.93. The van der Waals surface area contributed by atoms with E-state index in [0.29, 0.717) is 16.1 Å². The Bertz CT molecular complexity index is 418. The quantitative estimate of drug-likeness (QED) is 0.888. The van der Waals surface area contributed by atoms with Gasteiger partial charge in [0.05, 0.1) is 15.7 Å². The van der Waals surface area contributed by atoms with E-state index in [1.807, 2.05) is 12.1 Å². The summed E-state index contributed by atoms with van der Waals surface area (Å²) in [6, 6.07) is 6.49. The van der Waals surface area contributed by atoms with Crippen molar-refractivity contribution < 1.29 is 0 Å². The highest BCUT2D eigenvalue weighted by Crippen LogP contribution is 2.37. The van der Waals surface area contributed by atoms with Crippen LogP contribution in [0.2, 0.25) is 10.0 Å². The fraction of sp³-hybridized carbons (Fsp3) is 0.538. The number of hydrogen-bond donors (Lipinski definition) is 1. The van der Waals surface area contributed by atoms with Crippen LogP contribution in [0, 0.1) is 5.92 Å². The van der Waals surface area contributed by atoms with Crippen molar-refractivity contribution in [2.75, 3.05) is 24.5 Å². The van der Waals surface area contributed by atoms with Gasteiger partial charge in [-0.1, -0.05) is 29.3 Å². The van der Waals surface area contributed by atoms with Gasteiger partial charge in [-0.05, 0) is 30.9 Å². The second-order valence-electron chi connectivity index (χ2n) is 4.92. The van der Waals surface area contributed by atoms with Gasteiger partial charge >= 0.3 is 0 Å². The molecule has 0 amide bonds. The Morgan fingerprint density at radius 2 is 2.06 bits per heavy atom. The molecule has 2 aliphatic rings. The van der Waals surface area contributed by atoms with Gasteiger partial charge in [0.25, 0.3) is 0 Å². The molecule has 1 aliphatic carbocycles. The van der Waals surface area contributed by atoms with Crippen molar-refractivity contribution in [2.24, 2.45) is 5.92 Å². The van der Waals surface area contributed by atoms with E-state index in [9.17, 15) is 0 Å². The SMILES string of the molecule is Clc1cccc(N2CCNC(C3CC3)C2)c1Cl. The summed E-state index contributed by atoms with van der Waals surface area (Å²) >= 11 is 12.3. The highest BCUT2D eigenvalue weighted by Gasteiger charge is 2.34. The molecule has 1 unspecified atom stereocenters. The van der Waals surface area contributed by atoms with Crippen LogP contribution < -0.4 is 10.2 Å². The van der Waals surface area contributed by atoms with Gasteiger partial charge in [0.15, 0.2) is 0 Å². The number of benzene rings is 1. The van der Waals surface area contributed by atoms with Crippen LogP contribution in [0.15, 0.2) is 18.2 Å². The lowest BCUT2D eigenvalue weighted by Gasteiger charge is -2.36. The van der Waals surface area contributed by atoms with Gasteiger partial charge in [0.2, 0.25) is 0 Å². The Labute approximate surface area is 112 Å². The van der Waals surface area contributed by atoms with E-state index in [-0.39, 0.29) is 0 Å². The normalized spacial score (nSPS) is 25.1. The van der Waals surface area contributed by atoms with E-state index >= 15 is 0 Å². The number of halogens is 2. The van der Waals surface area contributed by atoms with E-state index in [1.54, 1.807) is 0 Å². The van der Waals surface area contributed by atoms with Crippen molar-refractivity contribution >= 4 is 28.9 Å². The Hall–Kier alpha value is -0.440. The number of piperazine rings is 1. The van der Waals surface area contributed by atoms with Crippen LogP contribution in [0.4, 0.5) is 5.69 Å².